The van der Waals surface area contributed by atoms with Crippen molar-refractivity contribution in [2.24, 2.45) is 0 Å². The molecule has 0 unspecified atom stereocenters. The fraction of sp³-hybridized carbons (Fsp3) is 0.250. The number of hydrogen-bond acceptors (Lipinski definition) is 7. The topological polar surface area (TPSA) is 123 Å². The molecule has 1 aliphatic heterocycles. The lowest BCUT2D eigenvalue weighted by Gasteiger charge is -2.13. The molecule has 0 aliphatic carbocycles. The highest BCUT2D eigenvalue weighted by Gasteiger charge is 2.36. The Morgan fingerprint density at radius 3 is 2.53 bits per heavy atom. The van der Waals surface area contributed by atoms with E-state index in [0.717, 1.165) is 32.8 Å². The van der Waals surface area contributed by atoms with Gasteiger partial charge < -0.3 is 5.32 Å². The number of rotatable bonds is 9. The van der Waals surface area contributed by atoms with Crippen LogP contribution in [0.3, 0.4) is 0 Å². The predicted molar refractivity (Wildman–Crippen MR) is 127 cm³/mol. The van der Waals surface area contributed by atoms with Crippen LogP contribution in [0.4, 0.5) is 5.69 Å². The Morgan fingerprint density at radius 2 is 1.85 bits per heavy atom. The Morgan fingerprint density at radius 1 is 1.12 bits per heavy atom. The third-order valence-corrected chi connectivity index (χ3v) is 6.33. The van der Waals surface area contributed by atoms with Crippen LogP contribution in [0.2, 0.25) is 0 Å². The number of aryl methyl sites for hydroxylation is 1. The normalized spacial score (nSPS) is 12.7. The van der Waals surface area contributed by atoms with Gasteiger partial charge in [-0.25, -0.2) is 4.98 Å². The van der Waals surface area contributed by atoms with Crippen molar-refractivity contribution < 1.29 is 19.3 Å². The number of benzene rings is 2. The fourth-order valence-electron chi connectivity index (χ4n) is 3.77. The second-order valence-electron chi connectivity index (χ2n) is 7.90. The number of carbonyl (C=O) groups is 3. The van der Waals surface area contributed by atoms with Gasteiger partial charge in [0.15, 0.2) is 0 Å². The molecular formula is C24H22N4O5S. The number of amides is 3. The van der Waals surface area contributed by atoms with Crippen LogP contribution < -0.4 is 5.32 Å². The van der Waals surface area contributed by atoms with E-state index in [1.165, 1.54) is 12.1 Å². The van der Waals surface area contributed by atoms with Crippen molar-refractivity contribution in [2.45, 2.75) is 26.2 Å². The van der Waals surface area contributed by atoms with Crippen molar-refractivity contribution in [3.63, 3.8) is 0 Å². The number of nitrogens with one attached hydrogen (secondary N) is 1. The van der Waals surface area contributed by atoms with E-state index >= 15 is 0 Å². The molecule has 1 aliphatic rings. The number of imide groups is 1. The van der Waals surface area contributed by atoms with Gasteiger partial charge in [0.2, 0.25) is 5.91 Å². The van der Waals surface area contributed by atoms with E-state index in [0.29, 0.717) is 19.4 Å². The number of non-ortho nitro benzene ring substituents is 1. The van der Waals surface area contributed by atoms with Crippen molar-refractivity contribution in [1.29, 1.82) is 0 Å². The lowest BCUT2D eigenvalue weighted by molar-refractivity contribution is -0.384. The minimum atomic E-state index is -0.610. The van der Waals surface area contributed by atoms with Crippen molar-refractivity contribution in [3.05, 3.63) is 79.7 Å². The third-order valence-electron chi connectivity index (χ3n) is 5.56. The lowest BCUT2D eigenvalue weighted by atomic mass is 10.1. The summed E-state index contributed by atoms with van der Waals surface area (Å²) in [5.41, 5.74) is 3.04. The van der Waals surface area contributed by atoms with E-state index < -0.39 is 16.7 Å². The van der Waals surface area contributed by atoms with Crippen molar-refractivity contribution >= 4 is 34.7 Å². The van der Waals surface area contributed by atoms with Gasteiger partial charge in [0.25, 0.3) is 17.5 Å². The summed E-state index contributed by atoms with van der Waals surface area (Å²) in [6.07, 6.45) is 1.15. The molecule has 0 radical (unpaired) electrons. The zero-order valence-electron chi connectivity index (χ0n) is 18.4. The van der Waals surface area contributed by atoms with Crippen molar-refractivity contribution in [1.82, 2.24) is 15.2 Å². The molecule has 9 nitrogen and oxygen atoms in total. The summed E-state index contributed by atoms with van der Waals surface area (Å²) >= 11 is 1.61. The zero-order valence-corrected chi connectivity index (χ0v) is 19.3. The smallest absolute Gasteiger partial charge is 0.270 e. The first kappa shape index (κ1) is 23.2. The van der Waals surface area contributed by atoms with Gasteiger partial charge in [-0.15, -0.1) is 11.3 Å². The van der Waals surface area contributed by atoms with Crippen LogP contribution in [0.15, 0.2) is 47.8 Å². The minimum absolute atomic E-state index is 0.0274. The van der Waals surface area contributed by atoms with Gasteiger partial charge in [-0.05, 0) is 31.4 Å². The largest absolute Gasteiger partial charge is 0.356 e. The maximum absolute atomic E-state index is 12.5. The Bertz CT molecular complexity index is 1270. The number of nitrogens with zero attached hydrogens (tertiary/aromatic N) is 3. The molecule has 174 valence electrons. The van der Waals surface area contributed by atoms with Crippen LogP contribution in [0.25, 0.3) is 11.3 Å². The Hall–Kier alpha value is -3.92. The molecule has 1 N–H and O–H groups in total. The molecule has 0 atom stereocenters. The maximum atomic E-state index is 12.5. The summed E-state index contributed by atoms with van der Waals surface area (Å²) in [6.45, 7) is 2.52. The van der Waals surface area contributed by atoms with Crippen molar-refractivity contribution in [2.75, 3.05) is 13.1 Å². The molecule has 0 fully saturated rings. The summed E-state index contributed by atoms with van der Waals surface area (Å²) < 4.78 is 0. The molecule has 0 spiro atoms. The maximum Gasteiger partial charge on any atom is 0.270 e. The van der Waals surface area contributed by atoms with Gasteiger partial charge >= 0.3 is 0 Å². The summed E-state index contributed by atoms with van der Waals surface area (Å²) in [6, 6.07) is 11.7. The van der Waals surface area contributed by atoms with E-state index in [9.17, 15) is 24.5 Å². The molecule has 10 heteroatoms. The van der Waals surface area contributed by atoms with Gasteiger partial charge in [-0.2, -0.15) is 0 Å². The van der Waals surface area contributed by atoms with E-state index in [-0.39, 0.29) is 35.7 Å². The predicted octanol–water partition coefficient (Wildman–Crippen LogP) is 3.76. The molecule has 34 heavy (non-hydrogen) atoms. The average molecular weight is 479 g/mol. The number of carbonyl (C=O) groups excluding carboxylic acids is 3. The fourth-order valence-corrected chi connectivity index (χ4v) is 4.39. The van der Waals surface area contributed by atoms with E-state index in [4.69, 9.17) is 0 Å². The number of thiazole rings is 1. The van der Waals surface area contributed by atoms with E-state index in [2.05, 4.69) is 10.3 Å². The highest BCUT2D eigenvalue weighted by molar-refractivity contribution is 7.09. The standard InChI is InChI=1S/C24H22N4O5S/c1-15-26-21(14-34-15)17-6-4-16(5-7-17)10-11-25-22(29)3-2-12-27-23(30)19-9-8-18(28(32)33)13-20(19)24(27)31/h4-9,13-14H,2-3,10-12H2,1H3,(H,25,29). The number of hydrogen-bond donors (Lipinski definition) is 1. The van der Waals surface area contributed by atoms with Crippen LogP contribution >= 0.6 is 11.3 Å². The summed E-state index contributed by atoms with van der Waals surface area (Å²) in [7, 11) is 0. The second-order valence-corrected chi connectivity index (χ2v) is 8.96. The minimum Gasteiger partial charge on any atom is -0.356 e. The second kappa shape index (κ2) is 9.92. The van der Waals surface area contributed by atoms with Gasteiger partial charge in [-0.1, -0.05) is 24.3 Å². The highest BCUT2D eigenvalue weighted by atomic mass is 32.1. The lowest BCUT2D eigenvalue weighted by Crippen LogP contribution is -2.32. The monoisotopic (exact) mass is 478 g/mol. The SMILES string of the molecule is Cc1nc(-c2ccc(CCNC(=O)CCCN3C(=O)c4ccc([N+](=O)[O-])cc4C3=O)cc2)cs1. The Balaban J connectivity index is 1.21. The Labute approximate surface area is 199 Å². The van der Waals surface area contributed by atoms with Gasteiger partial charge in [0, 0.05) is 42.6 Å². The molecule has 3 aromatic rings. The molecule has 2 heterocycles. The number of fused-ring (bicyclic) bond motifs is 1. The summed E-state index contributed by atoms with van der Waals surface area (Å²) in [5.74, 6) is -1.23. The number of aromatic nitrogens is 1. The van der Waals surface area contributed by atoms with Gasteiger partial charge in [0.1, 0.15) is 0 Å². The Kier molecular flexibility index (Phi) is 6.78. The van der Waals surface area contributed by atoms with Crippen LogP contribution in [-0.4, -0.2) is 45.6 Å². The van der Waals surface area contributed by atoms with Gasteiger partial charge in [0.05, 0.1) is 26.8 Å². The van der Waals surface area contributed by atoms with Crippen LogP contribution in [0.5, 0.6) is 0 Å². The van der Waals surface area contributed by atoms with Crippen molar-refractivity contribution in [3.8, 4) is 11.3 Å². The molecule has 1 aromatic heterocycles. The molecule has 4 rings (SSSR count). The molecule has 0 bridgehead atoms. The highest BCUT2D eigenvalue weighted by Crippen LogP contribution is 2.27. The van der Waals surface area contributed by atoms with Crippen LogP contribution in [0, 0.1) is 17.0 Å². The van der Waals surface area contributed by atoms with E-state index in [1.807, 2.05) is 36.6 Å². The zero-order chi connectivity index (χ0) is 24.2. The van der Waals surface area contributed by atoms with Gasteiger partial charge in [-0.3, -0.25) is 29.4 Å². The third kappa shape index (κ3) is 5.01. The summed E-state index contributed by atoms with van der Waals surface area (Å²) in [4.78, 5) is 52.9. The number of nitro groups is 1. The first-order chi connectivity index (χ1) is 16.3. The molecule has 0 saturated carbocycles. The first-order valence-corrected chi connectivity index (χ1v) is 11.6. The molecule has 2 aromatic carbocycles. The van der Waals surface area contributed by atoms with Crippen LogP contribution in [-0.2, 0) is 11.2 Å². The van der Waals surface area contributed by atoms with Crippen LogP contribution in [0.1, 0.15) is 44.1 Å². The molecular weight excluding hydrogens is 456 g/mol. The first-order valence-electron chi connectivity index (χ1n) is 10.8. The summed E-state index contributed by atoms with van der Waals surface area (Å²) in [5, 5.41) is 16.8. The molecule has 3 amide bonds. The number of nitro benzene ring substituents is 1. The quantitative estimate of drug-likeness (QED) is 0.284. The molecule has 0 saturated heterocycles. The average Bonchev–Trinajstić information content (AvgIpc) is 3.36. The van der Waals surface area contributed by atoms with E-state index in [1.54, 1.807) is 11.3 Å².